The molecular weight excluding hydrogens is 386 g/mol. The van der Waals surface area contributed by atoms with Crippen molar-refractivity contribution in [3.05, 3.63) is 21.4 Å². The zero-order chi connectivity index (χ0) is 20.4. The van der Waals surface area contributed by atoms with E-state index in [9.17, 15) is 9.59 Å². The molecule has 1 aromatic rings. The number of piperazine rings is 1. The average molecular weight is 420 g/mol. The zero-order valence-electron chi connectivity index (χ0n) is 17.7. The summed E-state index contributed by atoms with van der Waals surface area (Å²) >= 11 is 1.63. The van der Waals surface area contributed by atoms with Crippen LogP contribution >= 0.6 is 11.3 Å². The van der Waals surface area contributed by atoms with E-state index in [0.717, 1.165) is 56.9 Å². The molecule has 1 atom stereocenters. The minimum Gasteiger partial charge on any atom is -0.378 e. The first kappa shape index (κ1) is 20.8. The van der Waals surface area contributed by atoms with E-state index >= 15 is 0 Å². The van der Waals surface area contributed by atoms with E-state index in [4.69, 9.17) is 4.74 Å². The van der Waals surface area contributed by atoms with Crippen LogP contribution in [0.2, 0.25) is 0 Å². The number of hydrogen-bond acceptors (Lipinski definition) is 5. The predicted molar refractivity (Wildman–Crippen MR) is 114 cm³/mol. The molecule has 2 fully saturated rings. The van der Waals surface area contributed by atoms with Gasteiger partial charge >= 0.3 is 0 Å². The van der Waals surface area contributed by atoms with Gasteiger partial charge < -0.3 is 14.5 Å². The number of amides is 2. The van der Waals surface area contributed by atoms with E-state index in [1.165, 1.54) is 10.4 Å². The van der Waals surface area contributed by atoms with Gasteiger partial charge in [-0.2, -0.15) is 0 Å². The molecule has 0 N–H and O–H groups in total. The van der Waals surface area contributed by atoms with Crippen LogP contribution in [-0.2, 0) is 22.4 Å². The number of morpholine rings is 1. The van der Waals surface area contributed by atoms with E-state index in [1.54, 1.807) is 11.3 Å². The number of thiophene rings is 1. The normalized spacial score (nSPS) is 23.3. The maximum Gasteiger partial charge on any atom is 0.264 e. The van der Waals surface area contributed by atoms with Crippen molar-refractivity contribution >= 4 is 23.2 Å². The second kappa shape index (κ2) is 9.14. The number of ether oxygens (including phenoxy) is 1. The number of fused-ring (bicyclic) bond motifs is 1. The van der Waals surface area contributed by atoms with Gasteiger partial charge in [-0.1, -0.05) is 13.8 Å². The third-order valence-electron chi connectivity index (χ3n) is 6.25. The lowest BCUT2D eigenvalue weighted by molar-refractivity contribution is -0.137. The van der Waals surface area contributed by atoms with Crippen molar-refractivity contribution in [2.75, 3.05) is 59.0 Å². The number of hydrogen-bond donors (Lipinski definition) is 0. The summed E-state index contributed by atoms with van der Waals surface area (Å²) in [4.78, 5) is 34.4. The summed E-state index contributed by atoms with van der Waals surface area (Å²) in [6.07, 6.45) is 2.61. The molecule has 0 aromatic carbocycles. The Morgan fingerprint density at radius 1 is 1.10 bits per heavy atom. The Kier molecular flexibility index (Phi) is 6.56. The fraction of sp³-hybridized carbons (Fsp3) is 0.727. The summed E-state index contributed by atoms with van der Waals surface area (Å²) in [5, 5.41) is 0. The quantitative estimate of drug-likeness (QED) is 0.750. The summed E-state index contributed by atoms with van der Waals surface area (Å²) in [6, 6.07) is 2.05. The number of aryl methyl sites for hydroxylation is 1. The lowest BCUT2D eigenvalue weighted by atomic mass is 9.87. The van der Waals surface area contributed by atoms with Crippen LogP contribution in [-0.4, -0.2) is 85.5 Å². The standard InChI is InChI=1S/C22H33N3O3S/c1-16(2)15-23-5-7-24(8-6-23)21(26)17-3-4-19-18(13-17)14-20(29-19)22(27)25-9-11-28-12-10-25/h14,16-17H,3-13,15H2,1-2H3. The van der Waals surface area contributed by atoms with Gasteiger partial charge in [-0.15, -0.1) is 11.3 Å². The molecule has 6 nitrogen and oxygen atoms in total. The minimum atomic E-state index is 0.0695. The predicted octanol–water partition coefficient (Wildman–Crippen LogP) is 2.13. The van der Waals surface area contributed by atoms with E-state index in [-0.39, 0.29) is 11.8 Å². The number of carbonyl (C=O) groups excluding carboxylic acids is 2. The summed E-state index contributed by atoms with van der Waals surface area (Å²) in [6.45, 7) is 11.9. The second-order valence-corrected chi connectivity index (χ2v) is 10.1. The highest BCUT2D eigenvalue weighted by molar-refractivity contribution is 7.14. The highest BCUT2D eigenvalue weighted by atomic mass is 32.1. The molecular formula is C22H33N3O3S. The monoisotopic (exact) mass is 419 g/mol. The zero-order valence-corrected chi connectivity index (χ0v) is 18.5. The number of nitrogens with zero attached hydrogens (tertiary/aromatic N) is 3. The largest absolute Gasteiger partial charge is 0.378 e. The molecule has 2 aliphatic heterocycles. The molecule has 2 amide bonds. The Hall–Kier alpha value is -1.44. The van der Waals surface area contributed by atoms with Gasteiger partial charge in [-0.05, 0) is 36.8 Å². The summed E-state index contributed by atoms with van der Waals surface area (Å²) < 4.78 is 5.35. The van der Waals surface area contributed by atoms with Crippen LogP contribution in [0.5, 0.6) is 0 Å². The molecule has 0 spiro atoms. The molecule has 7 heteroatoms. The molecule has 0 bridgehead atoms. The first-order valence-electron chi connectivity index (χ1n) is 11.0. The van der Waals surface area contributed by atoms with Gasteiger partial charge in [0, 0.05) is 56.6 Å². The SMILES string of the molecule is CC(C)CN1CCN(C(=O)C2CCc3sc(C(=O)N4CCOCC4)cc3C2)CC1. The van der Waals surface area contributed by atoms with E-state index in [1.807, 2.05) is 4.90 Å². The van der Waals surface area contributed by atoms with Gasteiger partial charge in [0.15, 0.2) is 0 Å². The van der Waals surface area contributed by atoms with Crippen molar-refractivity contribution < 1.29 is 14.3 Å². The van der Waals surface area contributed by atoms with E-state index in [0.29, 0.717) is 38.1 Å². The van der Waals surface area contributed by atoms with Crippen LogP contribution in [0.1, 0.15) is 40.4 Å². The Bertz CT molecular complexity index is 734. The Morgan fingerprint density at radius 3 is 2.52 bits per heavy atom. The molecule has 1 aromatic heterocycles. The van der Waals surface area contributed by atoms with Crippen molar-refractivity contribution in [2.45, 2.75) is 33.1 Å². The maximum atomic E-state index is 13.1. The van der Waals surface area contributed by atoms with Gasteiger partial charge in [-0.3, -0.25) is 14.5 Å². The smallest absolute Gasteiger partial charge is 0.264 e. The molecule has 4 rings (SSSR count). The molecule has 3 aliphatic rings. The number of rotatable bonds is 4. The third kappa shape index (κ3) is 4.84. The van der Waals surface area contributed by atoms with Crippen LogP contribution in [0.25, 0.3) is 0 Å². The molecule has 29 heavy (non-hydrogen) atoms. The highest BCUT2D eigenvalue weighted by Crippen LogP contribution is 2.34. The fourth-order valence-corrected chi connectivity index (χ4v) is 5.86. The average Bonchev–Trinajstić information content (AvgIpc) is 3.17. The van der Waals surface area contributed by atoms with Crippen LogP contribution < -0.4 is 0 Å². The van der Waals surface area contributed by atoms with Crippen molar-refractivity contribution in [3.8, 4) is 0 Å². The first-order chi connectivity index (χ1) is 14.0. The molecule has 2 saturated heterocycles. The Balaban J connectivity index is 1.34. The second-order valence-electron chi connectivity index (χ2n) is 8.92. The summed E-state index contributed by atoms with van der Waals surface area (Å²) in [5.74, 6) is 1.17. The van der Waals surface area contributed by atoms with Crippen molar-refractivity contribution in [2.24, 2.45) is 11.8 Å². The summed E-state index contributed by atoms with van der Waals surface area (Å²) in [7, 11) is 0. The lowest BCUT2D eigenvalue weighted by Gasteiger charge is -2.37. The highest BCUT2D eigenvalue weighted by Gasteiger charge is 2.32. The topological polar surface area (TPSA) is 53.1 Å². The van der Waals surface area contributed by atoms with Crippen LogP contribution in [0.4, 0.5) is 0 Å². The fourth-order valence-electron chi connectivity index (χ4n) is 4.69. The molecule has 0 saturated carbocycles. The molecule has 1 unspecified atom stereocenters. The Morgan fingerprint density at radius 2 is 1.83 bits per heavy atom. The minimum absolute atomic E-state index is 0.0695. The van der Waals surface area contributed by atoms with Crippen LogP contribution in [0.3, 0.4) is 0 Å². The van der Waals surface area contributed by atoms with Crippen LogP contribution in [0.15, 0.2) is 6.07 Å². The van der Waals surface area contributed by atoms with E-state index < -0.39 is 0 Å². The maximum absolute atomic E-state index is 13.1. The van der Waals surface area contributed by atoms with Gasteiger partial charge in [0.05, 0.1) is 18.1 Å². The van der Waals surface area contributed by atoms with Gasteiger partial charge in [0.2, 0.25) is 5.91 Å². The lowest BCUT2D eigenvalue weighted by Crippen LogP contribution is -2.51. The van der Waals surface area contributed by atoms with Crippen molar-refractivity contribution in [1.82, 2.24) is 14.7 Å². The number of carbonyl (C=O) groups is 2. The molecule has 160 valence electrons. The summed E-state index contributed by atoms with van der Waals surface area (Å²) in [5.41, 5.74) is 1.22. The molecule has 0 radical (unpaired) electrons. The first-order valence-corrected chi connectivity index (χ1v) is 11.8. The molecule has 3 heterocycles. The van der Waals surface area contributed by atoms with Crippen LogP contribution in [0, 0.1) is 11.8 Å². The van der Waals surface area contributed by atoms with E-state index in [2.05, 4.69) is 29.7 Å². The van der Waals surface area contributed by atoms with Gasteiger partial charge in [0.1, 0.15) is 0 Å². The van der Waals surface area contributed by atoms with Gasteiger partial charge in [-0.25, -0.2) is 0 Å². The van der Waals surface area contributed by atoms with Gasteiger partial charge in [0.25, 0.3) is 5.91 Å². The third-order valence-corrected chi connectivity index (χ3v) is 7.47. The molecule has 1 aliphatic carbocycles. The Labute approximate surface area is 177 Å². The van der Waals surface area contributed by atoms with Crippen molar-refractivity contribution in [3.63, 3.8) is 0 Å². The van der Waals surface area contributed by atoms with Crippen molar-refractivity contribution in [1.29, 1.82) is 0 Å².